The van der Waals surface area contributed by atoms with E-state index in [4.69, 9.17) is 4.74 Å². The molecule has 1 aromatic heterocycles. The van der Waals surface area contributed by atoms with Crippen LogP contribution in [-0.2, 0) is 26.7 Å². The maximum Gasteiger partial charge on any atom is 0.123 e. The molecule has 0 fully saturated rings. The fourth-order valence-corrected chi connectivity index (χ4v) is 2.48. The van der Waals surface area contributed by atoms with Crippen molar-refractivity contribution in [1.29, 1.82) is 0 Å². The molecule has 0 aliphatic rings. The Morgan fingerprint density at radius 3 is 2.71 bits per heavy atom. The molecule has 0 aliphatic carbocycles. The van der Waals surface area contributed by atoms with E-state index in [0.29, 0.717) is 0 Å². The number of nitrogens with one attached hydrogen (secondary N) is 1. The number of hydrogen-bond acceptors (Lipinski definition) is 4. The zero-order valence-electron chi connectivity index (χ0n) is 13.3. The van der Waals surface area contributed by atoms with Crippen LogP contribution in [0, 0.1) is 0 Å². The molecule has 0 amide bonds. The van der Waals surface area contributed by atoms with Crippen molar-refractivity contribution in [2.75, 3.05) is 21.2 Å². The SMILES string of the molecule is CNCc1ccc(OC)c(CN(C)Cc2cnn(C)c2)c1. The quantitative estimate of drug-likeness (QED) is 0.843. The monoisotopic (exact) mass is 288 g/mol. The summed E-state index contributed by atoms with van der Waals surface area (Å²) >= 11 is 0. The van der Waals surface area contributed by atoms with Gasteiger partial charge in [-0.1, -0.05) is 6.07 Å². The normalized spacial score (nSPS) is 11.1. The van der Waals surface area contributed by atoms with Crippen LogP contribution in [0.1, 0.15) is 16.7 Å². The fraction of sp³-hybridized carbons (Fsp3) is 0.438. The van der Waals surface area contributed by atoms with E-state index >= 15 is 0 Å². The number of hydrogen-bond donors (Lipinski definition) is 1. The minimum atomic E-state index is 0.843. The van der Waals surface area contributed by atoms with Crippen molar-refractivity contribution in [1.82, 2.24) is 20.0 Å². The van der Waals surface area contributed by atoms with Crippen LogP contribution in [-0.4, -0.2) is 35.9 Å². The van der Waals surface area contributed by atoms with Crippen LogP contribution in [0.25, 0.3) is 0 Å². The van der Waals surface area contributed by atoms with Gasteiger partial charge in [-0.15, -0.1) is 0 Å². The van der Waals surface area contributed by atoms with E-state index in [0.717, 1.165) is 25.4 Å². The first kappa shape index (κ1) is 15.5. The molecule has 0 saturated carbocycles. The first-order valence-electron chi connectivity index (χ1n) is 7.09. The summed E-state index contributed by atoms with van der Waals surface area (Å²) in [5, 5.41) is 7.39. The van der Waals surface area contributed by atoms with Crippen molar-refractivity contribution in [3.8, 4) is 5.75 Å². The molecular formula is C16H24N4O. The fourth-order valence-electron chi connectivity index (χ4n) is 2.48. The van der Waals surface area contributed by atoms with Gasteiger partial charge in [0.1, 0.15) is 5.75 Å². The Labute approximate surface area is 126 Å². The third-order valence-corrected chi connectivity index (χ3v) is 3.38. The zero-order chi connectivity index (χ0) is 15.2. The molecule has 0 atom stereocenters. The highest BCUT2D eigenvalue weighted by Crippen LogP contribution is 2.22. The molecule has 0 spiro atoms. The van der Waals surface area contributed by atoms with Gasteiger partial charge < -0.3 is 10.1 Å². The Hall–Kier alpha value is -1.85. The maximum absolute atomic E-state index is 5.47. The Morgan fingerprint density at radius 2 is 2.10 bits per heavy atom. The van der Waals surface area contributed by atoms with Gasteiger partial charge in [0.05, 0.1) is 13.3 Å². The van der Waals surface area contributed by atoms with E-state index in [1.807, 2.05) is 37.2 Å². The predicted octanol–water partition coefficient (Wildman–Crippen LogP) is 1.78. The molecule has 0 radical (unpaired) electrons. The van der Waals surface area contributed by atoms with Gasteiger partial charge in [-0.25, -0.2) is 0 Å². The highest BCUT2D eigenvalue weighted by Gasteiger charge is 2.09. The second-order valence-corrected chi connectivity index (χ2v) is 5.37. The number of rotatable bonds is 7. The average Bonchev–Trinajstić information content (AvgIpc) is 2.84. The molecule has 0 unspecified atom stereocenters. The van der Waals surface area contributed by atoms with Gasteiger partial charge in [-0.2, -0.15) is 5.10 Å². The molecule has 1 heterocycles. The molecule has 0 saturated heterocycles. The number of methoxy groups -OCH3 is 1. The van der Waals surface area contributed by atoms with Crippen molar-refractivity contribution in [2.24, 2.45) is 7.05 Å². The molecule has 5 heteroatoms. The summed E-state index contributed by atoms with van der Waals surface area (Å²) in [6, 6.07) is 6.34. The predicted molar refractivity (Wildman–Crippen MR) is 84.1 cm³/mol. The Kier molecular flexibility index (Phi) is 5.36. The molecule has 2 rings (SSSR count). The van der Waals surface area contributed by atoms with Gasteiger partial charge in [0.2, 0.25) is 0 Å². The average molecular weight is 288 g/mol. The van der Waals surface area contributed by atoms with Crippen molar-refractivity contribution in [3.63, 3.8) is 0 Å². The van der Waals surface area contributed by atoms with Crippen LogP contribution in [0.2, 0.25) is 0 Å². The third-order valence-electron chi connectivity index (χ3n) is 3.38. The topological polar surface area (TPSA) is 42.3 Å². The van der Waals surface area contributed by atoms with Crippen LogP contribution in [0.3, 0.4) is 0 Å². The molecule has 1 N–H and O–H groups in total. The van der Waals surface area contributed by atoms with E-state index in [1.54, 1.807) is 7.11 Å². The first-order valence-corrected chi connectivity index (χ1v) is 7.09. The van der Waals surface area contributed by atoms with Crippen LogP contribution in [0.15, 0.2) is 30.6 Å². The lowest BCUT2D eigenvalue weighted by Crippen LogP contribution is -2.18. The number of aromatic nitrogens is 2. The van der Waals surface area contributed by atoms with E-state index in [-0.39, 0.29) is 0 Å². The van der Waals surface area contributed by atoms with E-state index < -0.39 is 0 Å². The van der Waals surface area contributed by atoms with Gasteiger partial charge in [-0.3, -0.25) is 9.58 Å². The van der Waals surface area contributed by atoms with Crippen LogP contribution < -0.4 is 10.1 Å². The second kappa shape index (κ2) is 7.24. The number of benzene rings is 1. The van der Waals surface area contributed by atoms with Gasteiger partial charge in [-0.05, 0) is 31.8 Å². The van der Waals surface area contributed by atoms with Crippen molar-refractivity contribution < 1.29 is 4.74 Å². The number of ether oxygens (including phenoxy) is 1. The van der Waals surface area contributed by atoms with E-state index in [9.17, 15) is 0 Å². The van der Waals surface area contributed by atoms with Crippen LogP contribution in [0.4, 0.5) is 0 Å². The summed E-state index contributed by atoms with van der Waals surface area (Å²) in [7, 11) is 7.72. The van der Waals surface area contributed by atoms with Gasteiger partial charge in [0.15, 0.2) is 0 Å². The molecule has 0 aliphatic heterocycles. The number of aryl methyl sites for hydroxylation is 1. The smallest absolute Gasteiger partial charge is 0.123 e. The second-order valence-electron chi connectivity index (χ2n) is 5.37. The largest absolute Gasteiger partial charge is 0.496 e. The zero-order valence-corrected chi connectivity index (χ0v) is 13.3. The Balaban J connectivity index is 2.07. The molecular weight excluding hydrogens is 264 g/mol. The molecule has 21 heavy (non-hydrogen) atoms. The molecule has 114 valence electrons. The summed E-state index contributed by atoms with van der Waals surface area (Å²) in [5.74, 6) is 0.938. The van der Waals surface area contributed by atoms with Crippen molar-refractivity contribution in [3.05, 3.63) is 47.3 Å². The van der Waals surface area contributed by atoms with Crippen LogP contribution >= 0.6 is 0 Å². The molecule has 5 nitrogen and oxygen atoms in total. The van der Waals surface area contributed by atoms with Gasteiger partial charge >= 0.3 is 0 Å². The highest BCUT2D eigenvalue weighted by molar-refractivity contribution is 5.37. The maximum atomic E-state index is 5.47. The lowest BCUT2D eigenvalue weighted by atomic mass is 10.1. The Bertz CT molecular complexity index is 579. The summed E-state index contributed by atoms with van der Waals surface area (Å²) in [5.41, 5.74) is 3.69. The molecule has 0 bridgehead atoms. The lowest BCUT2D eigenvalue weighted by molar-refractivity contribution is 0.310. The Morgan fingerprint density at radius 1 is 1.29 bits per heavy atom. The van der Waals surface area contributed by atoms with Crippen molar-refractivity contribution in [2.45, 2.75) is 19.6 Å². The summed E-state index contributed by atoms with van der Waals surface area (Å²) in [6.45, 7) is 2.58. The van der Waals surface area contributed by atoms with Gasteiger partial charge in [0.25, 0.3) is 0 Å². The highest BCUT2D eigenvalue weighted by atomic mass is 16.5. The molecule has 1 aromatic carbocycles. The third kappa shape index (κ3) is 4.31. The minimum Gasteiger partial charge on any atom is -0.496 e. The van der Waals surface area contributed by atoms with Gasteiger partial charge in [0, 0.05) is 44.0 Å². The lowest BCUT2D eigenvalue weighted by Gasteiger charge is -2.18. The van der Waals surface area contributed by atoms with Crippen molar-refractivity contribution >= 4 is 0 Å². The summed E-state index contributed by atoms with van der Waals surface area (Å²) in [4.78, 5) is 2.26. The minimum absolute atomic E-state index is 0.843. The first-order chi connectivity index (χ1) is 10.1. The summed E-state index contributed by atoms with van der Waals surface area (Å²) in [6.07, 6.45) is 3.95. The summed E-state index contributed by atoms with van der Waals surface area (Å²) < 4.78 is 7.30. The standard InChI is InChI=1S/C16H24N4O/c1-17-8-13-5-6-16(21-4)15(7-13)12-19(2)10-14-9-18-20(3)11-14/h5-7,9,11,17H,8,10,12H2,1-4H3. The molecule has 2 aromatic rings. The number of nitrogens with zero attached hydrogens (tertiary/aromatic N) is 3. The van der Waals surface area contributed by atoms with Crippen LogP contribution in [0.5, 0.6) is 5.75 Å². The van der Waals surface area contributed by atoms with E-state index in [2.05, 4.69) is 34.5 Å². The van der Waals surface area contributed by atoms with E-state index in [1.165, 1.54) is 16.7 Å².